The third-order valence-corrected chi connectivity index (χ3v) is 5.80. The van der Waals surface area contributed by atoms with Crippen molar-refractivity contribution in [3.05, 3.63) is 77.0 Å². The van der Waals surface area contributed by atoms with Gasteiger partial charge in [0, 0.05) is 11.1 Å². The molecule has 1 aliphatic rings. The number of amides is 1. The lowest BCUT2D eigenvalue weighted by atomic mass is 10.0. The molecule has 0 N–H and O–H groups in total. The predicted octanol–water partition coefficient (Wildman–Crippen LogP) is 4.74. The summed E-state index contributed by atoms with van der Waals surface area (Å²) in [5.41, 5.74) is 2.20. The fourth-order valence-corrected chi connectivity index (χ4v) is 4.22. The molecule has 0 fully saturated rings. The van der Waals surface area contributed by atoms with Gasteiger partial charge in [-0.05, 0) is 42.1 Å². The Labute approximate surface area is 197 Å². The molecule has 0 saturated heterocycles. The number of hydrogen-bond donors (Lipinski definition) is 0. The van der Waals surface area contributed by atoms with E-state index in [2.05, 4.69) is 0 Å². The first-order valence-electron chi connectivity index (χ1n) is 10.6. The summed E-state index contributed by atoms with van der Waals surface area (Å²) < 4.78 is 21.3. The minimum atomic E-state index is -0.590. The maximum absolute atomic E-state index is 13.7. The molecule has 1 heterocycles. The lowest BCUT2D eigenvalue weighted by molar-refractivity contribution is -0.136. The lowest BCUT2D eigenvalue weighted by Crippen LogP contribution is -2.24. The van der Waals surface area contributed by atoms with Crippen molar-refractivity contribution in [1.82, 2.24) is 0 Å². The van der Waals surface area contributed by atoms with Gasteiger partial charge in [-0.2, -0.15) is 0 Å². The number of allylic oxidation sites excluding steroid dienone is 1. The number of rotatable bonds is 6. The number of esters is 1. The first kappa shape index (κ1) is 22.9. The van der Waals surface area contributed by atoms with Crippen LogP contribution in [0.5, 0.6) is 17.2 Å². The maximum Gasteiger partial charge on any atom is 0.340 e. The fourth-order valence-electron chi connectivity index (χ4n) is 4.22. The second kappa shape index (κ2) is 9.31. The van der Waals surface area contributed by atoms with Gasteiger partial charge in [0.05, 0.1) is 45.3 Å². The molecule has 3 aromatic rings. The van der Waals surface area contributed by atoms with Crippen LogP contribution in [0.25, 0.3) is 16.8 Å². The summed E-state index contributed by atoms with van der Waals surface area (Å²) in [6.07, 6.45) is 1.63. The Morgan fingerprint density at radius 2 is 1.53 bits per heavy atom. The molecule has 1 amide bonds. The molecule has 0 bridgehead atoms. The quantitative estimate of drug-likeness (QED) is 0.392. The van der Waals surface area contributed by atoms with Crippen molar-refractivity contribution in [1.29, 1.82) is 0 Å². The Balaban J connectivity index is 1.91. The van der Waals surface area contributed by atoms with Gasteiger partial charge < -0.3 is 18.9 Å². The van der Waals surface area contributed by atoms with Crippen LogP contribution in [0, 0.1) is 0 Å². The summed E-state index contributed by atoms with van der Waals surface area (Å²) in [6, 6.07) is 16.9. The van der Waals surface area contributed by atoms with E-state index in [1.54, 1.807) is 30.0 Å². The van der Waals surface area contributed by atoms with Crippen LogP contribution in [0.3, 0.4) is 0 Å². The molecular formula is C27H25NO6. The van der Waals surface area contributed by atoms with Gasteiger partial charge in [0.25, 0.3) is 5.91 Å². The van der Waals surface area contributed by atoms with Crippen molar-refractivity contribution in [3.63, 3.8) is 0 Å². The van der Waals surface area contributed by atoms with Crippen LogP contribution in [0.1, 0.15) is 12.5 Å². The minimum absolute atomic E-state index is 0.203. The molecule has 7 nitrogen and oxygen atoms in total. The van der Waals surface area contributed by atoms with Crippen LogP contribution in [-0.2, 0) is 14.3 Å². The Morgan fingerprint density at radius 3 is 2.15 bits per heavy atom. The van der Waals surface area contributed by atoms with Crippen LogP contribution in [0.4, 0.5) is 5.69 Å². The monoisotopic (exact) mass is 459 g/mol. The van der Waals surface area contributed by atoms with Crippen molar-refractivity contribution in [2.75, 3.05) is 33.3 Å². The summed E-state index contributed by atoms with van der Waals surface area (Å²) in [7, 11) is 5.84. The zero-order valence-electron chi connectivity index (χ0n) is 19.7. The van der Waals surface area contributed by atoms with Crippen LogP contribution in [0.2, 0.25) is 0 Å². The molecule has 0 radical (unpaired) electrons. The van der Waals surface area contributed by atoms with E-state index < -0.39 is 5.97 Å². The van der Waals surface area contributed by atoms with Crippen LogP contribution >= 0.6 is 0 Å². The molecular weight excluding hydrogens is 434 g/mol. The average molecular weight is 459 g/mol. The molecule has 0 saturated carbocycles. The van der Waals surface area contributed by atoms with Gasteiger partial charge in [-0.25, -0.2) is 4.79 Å². The van der Waals surface area contributed by atoms with Gasteiger partial charge in [0.1, 0.15) is 0 Å². The van der Waals surface area contributed by atoms with Gasteiger partial charge in [-0.15, -0.1) is 0 Å². The second-order valence-corrected chi connectivity index (χ2v) is 7.61. The van der Waals surface area contributed by atoms with E-state index in [1.165, 1.54) is 28.4 Å². The van der Waals surface area contributed by atoms with E-state index in [4.69, 9.17) is 18.9 Å². The normalized spacial score (nSPS) is 14.7. The summed E-state index contributed by atoms with van der Waals surface area (Å²) in [5.74, 6) is 0.383. The maximum atomic E-state index is 13.7. The van der Waals surface area contributed by atoms with Gasteiger partial charge in [-0.3, -0.25) is 9.69 Å². The van der Waals surface area contributed by atoms with E-state index in [1.807, 2.05) is 42.5 Å². The Bertz CT molecular complexity index is 1320. The Morgan fingerprint density at radius 1 is 0.882 bits per heavy atom. The van der Waals surface area contributed by atoms with Crippen molar-refractivity contribution < 1.29 is 28.5 Å². The fraction of sp³-hybridized carbons (Fsp3) is 0.185. The summed E-state index contributed by atoms with van der Waals surface area (Å²) in [4.78, 5) is 28.1. The zero-order chi connectivity index (χ0) is 24.4. The van der Waals surface area contributed by atoms with E-state index in [-0.39, 0.29) is 17.1 Å². The van der Waals surface area contributed by atoms with Gasteiger partial charge >= 0.3 is 5.97 Å². The first-order chi connectivity index (χ1) is 16.4. The van der Waals surface area contributed by atoms with Gasteiger partial charge in [0.2, 0.25) is 5.75 Å². The number of ether oxygens (including phenoxy) is 4. The van der Waals surface area contributed by atoms with Gasteiger partial charge in [-0.1, -0.05) is 36.4 Å². The smallest absolute Gasteiger partial charge is 0.340 e. The van der Waals surface area contributed by atoms with Crippen molar-refractivity contribution in [2.45, 2.75) is 6.92 Å². The topological polar surface area (TPSA) is 74.3 Å². The van der Waals surface area contributed by atoms with E-state index in [0.29, 0.717) is 34.2 Å². The van der Waals surface area contributed by atoms with Crippen molar-refractivity contribution >= 4 is 34.4 Å². The molecule has 1 aliphatic heterocycles. The third kappa shape index (κ3) is 3.75. The molecule has 4 rings (SSSR count). The molecule has 3 aromatic carbocycles. The van der Waals surface area contributed by atoms with Crippen LogP contribution in [0.15, 0.2) is 71.4 Å². The lowest BCUT2D eigenvalue weighted by Gasteiger charge is -2.20. The van der Waals surface area contributed by atoms with Crippen molar-refractivity contribution in [2.24, 2.45) is 0 Å². The largest absolute Gasteiger partial charge is 0.493 e. The highest BCUT2D eigenvalue weighted by Gasteiger charge is 2.38. The van der Waals surface area contributed by atoms with Crippen LogP contribution in [-0.4, -0.2) is 40.3 Å². The number of carbonyl (C=O) groups is 2. The SMILES string of the molecule is COC(=O)C1=C(C)N(c2cccc3ccccc23)C(=O)/C1=C\c1cc(OC)c(OC)c(OC)c1. The first-order valence-corrected chi connectivity index (χ1v) is 10.6. The number of nitrogens with zero attached hydrogens (tertiary/aromatic N) is 1. The molecule has 0 aliphatic carbocycles. The Kier molecular flexibility index (Phi) is 6.27. The average Bonchev–Trinajstić information content (AvgIpc) is 3.11. The summed E-state index contributed by atoms with van der Waals surface area (Å²) >= 11 is 0. The number of hydrogen-bond acceptors (Lipinski definition) is 6. The highest BCUT2D eigenvalue weighted by atomic mass is 16.5. The van der Waals surface area contributed by atoms with Crippen LogP contribution < -0.4 is 19.1 Å². The molecule has 7 heteroatoms. The number of anilines is 1. The number of fused-ring (bicyclic) bond motifs is 1. The van der Waals surface area contributed by atoms with E-state index in [0.717, 1.165) is 10.8 Å². The van der Waals surface area contributed by atoms with Gasteiger partial charge in [0.15, 0.2) is 11.5 Å². The molecule has 0 spiro atoms. The molecule has 174 valence electrons. The summed E-state index contributed by atoms with van der Waals surface area (Å²) in [5, 5.41) is 1.89. The molecule has 0 unspecified atom stereocenters. The third-order valence-electron chi connectivity index (χ3n) is 5.80. The summed E-state index contributed by atoms with van der Waals surface area (Å²) in [6.45, 7) is 1.74. The highest BCUT2D eigenvalue weighted by molar-refractivity contribution is 6.25. The Hall–Kier alpha value is -4.26. The molecule has 0 atom stereocenters. The molecule has 0 aromatic heterocycles. The second-order valence-electron chi connectivity index (χ2n) is 7.61. The number of carbonyl (C=O) groups excluding carboxylic acids is 2. The number of benzene rings is 3. The highest BCUT2D eigenvalue weighted by Crippen LogP contribution is 2.41. The van der Waals surface area contributed by atoms with Crippen molar-refractivity contribution in [3.8, 4) is 17.2 Å². The predicted molar refractivity (Wildman–Crippen MR) is 130 cm³/mol. The zero-order valence-corrected chi connectivity index (χ0v) is 19.7. The standard InChI is InChI=1S/C27H25NO6/c1-16-24(27(30)34-5)20(13-17-14-22(31-2)25(33-4)23(15-17)32-3)26(29)28(16)21-12-8-10-18-9-6-7-11-19(18)21/h6-15H,1-5H3/b20-13-. The van der Waals surface area contributed by atoms with E-state index >= 15 is 0 Å². The number of methoxy groups -OCH3 is 4. The minimum Gasteiger partial charge on any atom is -0.493 e. The van der Waals surface area contributed by atoms with E-state index in [9.17, 15) is 9.59 Å². The molecule has 34 heavy (non-hydrogen) atoms.